The predicted molar refractivity (Wildman–Crippen MR) is 351 cm³/mol. The first-order valence-electron chi connectivity index (χ1n) is 33.9. The molecule has 0 heterocycles. The van der Waals surface area contributed by atoms with Crippen molar-refractivity contribution in [2.24, 2.45) is 0 Å². The van der Waals surface area contributed by atoms with Crippen LogP contribution in [0.4, 0.5) is 0 Å². The first kappa shape index (κ1) is 78.2. The molecule has 0 aromatic carbocycles. The van der Waals surface area contributed by atoms with Gasteiger partial charge in [-0.2, -0.15) is 0 Å². The van der Waals surface area contributed by atoms with Gasteiger partial charge in [0.2, 0.25) is 5.91 Å². The van der Waals surface area contributed by atoms with Crippen LogP contribution >= 0.6 is 7.82 Å². The largest absolute Gasteiger partial charge is 0.472 e. The number of carbonyl (C=O) groups excluding carboxylic acids is 2. The number of esters is 1. The highest BCUT2D eigenvalue weighted by atomic mass is 31.2. The van der Waals surface area contributed by atoms with E-state index in [9.17, 15) is 19.0 Å². The highest BCUT2D eigenvalue weighted by Crippen LogP contribution is 2.43. The maximum Gasteiger partial charge on any atom is 0.472 e. The van der Waals surface area contributed by atoms with Crippen molar-refractivity contribution in [3.63, 3.8) is 0 Å². The molecule has 0 aliphatic carbocycles. The third-order valence-electron chi connectivity index (χ3n) is 14.8. The second-order valence-corrected chi connectivity index (χ2v) is 25.4. The summed E-state index contributed by atoms with van der Waals surface area (Å²) < 4.78 is 30.8. The number of quaternary nitrogens is 1. The molecule has 0 bridgehead atoms. The lowest BCUT2D eigenvalue weighted by atomic mass is 10.0. The van der Waals surface area contributed by atoms with Crippen molar-refractivity contribution in [3.8, 4) is 0 Å². The van der Waals surface area contributed by atoms with E-state index in [0.29, 0.717) is 17.4 Å². The first-order chi connectivity index (χ1) is 39.4. The summed E-state index contributed by atoms with van der Waals surface area (Å²) in [7, 11) is 1.48. The Hall–Kier alpha value is -2.81. The molecule has 81 heavy (non-hydrogen) atoms. The quantitative estimate of drug-likeness (QED) is 0.0205. The monoisotopic (exact) mass is 1150 g/mol. The van der Waals surface area contributed by atoms with Crippen LogP contribution in [0.1, 0.15) is 303 Å². The van der Waals surface area contributed by atoms with E-state index in [1.54, 1.807) is 0 Å². The van der Waals surface area contributed by atoms with Gasteiger partial charge < -0.3 is 19.4 Å². The van der Waals surface area contributed by atoms with Crippen LogP contribution in [0.2, 0.25) is 0 Å². The predicted octanol–water partition coefficient (Wildman–Crippen LogP) is 21.3. The number of carbonyl (C=O) groups is 2. The summed E-state index contributed by atoms with van der Waals surface area (Å²) in [5.74, 6) is -0.515. The van der Waals surface area contributed by atoms with Gasteiger partial charge in [0, 0.05) is 12.8 Å². The molecular formula is C71H130N2O7P+. The van der Waals surface area contributed by atoms with E-state index in [1.165, 1.54) is 167 Å². The molecule has 0 aromatic rings. The first-order valence-corrected chi connectivity index (χ1v) is 35.4. The van der Waals surface area contributed by atoms with E-state index >= 15 is 0 Å². The Kier molecular flexibility index (Phi) is 58.2. The SMILES string of the molecule is CC/C=C\C/C=C\C/C=C\C/C=C\C/C=C\CCCCCCCCCC(=O)NC(COP(=O)(O)OCC[N+](C)(C)C)C(/C=C/CCCCCCCCCCC)OC(=O)CCCCCCCCCCCCC/C=C/CCCCCCCC. The highest BCUT2D eigenvalue weighted by molar-refractivity contribution is 7.47. The van der Waals surface area contributed by atoms with E-state index in [0.717, 1.165) is 103 Å². The number of nitrogens with zero attached hydrogens (tertiary/aromatic N) is 1. The lowest BCUT2D eigenvalue weighted by Crippen LogP contribution is -2.47. The van der Waals surface area contributed by atoms with E-state index in [2.05, 4.69) is 99.0 Å². The minimum atomic E-state index is -4.46. The zero-order chi connectivity index (χ0) is 59.3. The average molecular weight is 1150 g/mol. The summed E-state index contributed by atoms with van der Waals surface area (Å²) in [5.41, 5.74) is 0. The van der Waals surface area contributed by atoms with Gasteiger partial charge in [0.15, 0.2) is 0 Å². The van der Waals surface area contributed by atoms with Gasteiger partial charge in [-0.1, -0.05) is 273 Å². The van der Waals surface area contributed by atoms with Crippen LogP contribution in [0, 0.1) is 0 Å². The van der Waals surface area contributed by atoms with Gasteiger partial charge in [0.1, 0.15) is 19.3 Å². The molecule has 0 rings (SSSR count). The zero-order valence-corrected chi connectivity index (χ0v) is 54.7. The Morgan fingerprint density at radius 1 is 0.444 bits per heavy atom. The van der Waals surface area contributed by atoms with Crippen molar-refractivity contribution in [1.82, 2.24) is 5.32 Å². The van der Waals surface area contributed by atoms with E-state index in [-0.39, 0.29) is 31.5 Å². The fourth-order valence-electron chi connectivity index (χ4n) is 9.61. The molecule has 9 nitrogen and oxygen atoms in total. The lowest BCUT2D eigenvalue weighted by Gasteiger charge is -2.27. The lowest BCUT2D eigenvalue weighted by molar-refractivity contribution is -0.870. The molecule has 0 fully saturated rings. The summed E-state index contributed by atoms with van der Waals surface area (Å²) in [5, 5.41) is 3.06. The maximum atomic E-state index is 13.6. The molecule has 470 valence electrons. The maximum absolute atomic E-state index is 13.6. The summed E-state index contributed by atoms with van der Waals surface area (Å²) in [6, 6.07) is -0.859. The number of phosphoric acid groups is 1. The van der Waals surface area contributed by atoms with Crippen molar-refractivity contribution in [2.45, 2.75) is 315 Å². The number of rotatable bonds is 61. The highest BCUT2D eigenvalue weighted by Gasteiger charge is 2.30. The molecule has 0 aliphatic heterocycles. The van der Waals surface area contributed by atoms with Crippen LogP contribution < -0.4 is 5.32 Å². The van der Waals surface area contributed by atoms with Gasteiger partial charge in [0.25, 0.3) is 0 Å². The number of unbranched alkanes of at least 4 members (excludes halogenated alkanes) is 33. The topological polar surface area (TPSA) is 111 Å². The summed E-state index contributed by atoms with van der Waals surface area (Å²) in [6.07, 6.45) is 80.2. The molecule has 0 spiro atoms. The number of nitrogens with one attached hydrogen (secondary N) is 1. The Morgan fingerprint density at radius 2 is 0.790 bits per heavy atom. The molecule has 0 aliphatic rings. The Balaban J connectivity index is 5.12. The van der Waals surface area contributed by atoms with Crippen molar-refractivity contribution in [3.05, 3.63) is 85.1 Å². The number of hydrogen-bond acceptors (Lipinski definition) is 6. The molecule has 10 heteroatoms. The molecule has 3 unspecified atom stereocenters. The summed E-state index contributed by atoms with van der Waals surface area (Å²) >= 11 is 0. The number of amides is 1. The van der Waals surface area contributed by atoms with Crippen LogP contribution in [-0.2, 0) is 27.9 Å². The standard InChI is InChI=1S/C71H129N2O7P/c1-7-10-13-16-19-22-25-27-29-31-33-35-36-38-39-41-43-45-48-51-54-57-60-63-70(74)72-68(67-79-81(76,77)78-66-65-73(4,5)6)69(62-59-56-53-50-47-24-21-18-15-12-9-3)80-71(75)64-61-58-55-52-49-46-44-42-40-37-34-32-30-28-26-23-20-17-14-11-8-2/h10,13,19,22,27-30,33,35,38-39,59,62,68-69H,7-9,11-12,14-18,20-21,23-26,31-32,34,36-37,40-58,60-61,63-67H2,1-6H3,(H-,72,74,76,77)/p+1/b13-10-,22-19-,29-27-,30-28+,35-33-,39-38-,62-59+. The van der Waals surface area contributed by atoms with Crippen molar-refractivity contribution in [1.29, 1.82) is 0 Å². The van der Waals surface area contributed by atoms with Crippen LogP contribution in [0.3, 0.4) is 0 Å². The minimum Gasteiger partial charge on any atom is -0.456 e. The number of phosphoric ester groups is 1. The third kappa shape index (κ3) is 61.6. The smallest absolute Gasteiger partial charge is 0.456 e. The summed E-state index contributed by atoms with van der Waals surface area (Å²) in [6.45, 7) is 6.90. The van der Waals surface area contributed by atoms with Gasteiger partial charge >= 0.3 is 13.8 Å². The molecule has 0 radical (unpaired) electrons. The van der Waals surface area contributed by atoms with E-state index in [4.69, 9.17) is 13.8 Å². The van der Waals surface area contributed by atoms with Crippen LogP contribution in [-0.4, -0.2) is 74.3 Å². The van der Waals surface area contributed by atoms with Crippen molar-refractivity contribution < 1.29 is 37.3 Å². The summed E-state index contributed by atoms with van der Waals surface area (Å²) in [4.78, 5) is 37.8. The Labute approximate surface area is 501 Å². The zero-order valence-electron chi connectivity index (χ0n) is 53.8. The van der Waals surface area contributed by atoms with Gasteiger partial charge in [-0.25, -0.2) is 4.57 Å². The Morgan fingerprint density at radius 3 is 1.20 bits per heavy atom. The second-order valence-electron chi connectivity index (χ2n) is 24.0. The molecular weight excluding hydrogens is 1020 g/mol. The van der Waals surface area contributed by atoms with Crippen LogP contribution in [0.25, 0.3) is 0 Å². The second kappa shape index (κ2) is 60.3. The molecule has 3 atom stereocenters. The molecule has 0 aromatic heterocycles. The normalized spacial score (nSPS) is 14.1. The van der Waals surface area contributed by atoms with Crippen LogP contribution in [0.5, 0.6) is 0 Å². The molecule has 1 amide bonds. The number of allylic oxidation sites excluding steroid dienone is 13. The number of hydrogen-bond donors (Lipinski definition) is 2. The van der Waals surface area contributed by atoms with Crippen molar-refractivity contribution >= 4 is 19.7 Å². The third-order valence-corrected chi connectivity index (χ3v) is 15.8. The average Bonchev–Trinajstić information content (AvgIpc) is 3.43. The molecule has 0 saturated carbocycles. The van der Waals surface area contributed by atoms with Gasteiger partial charge in [0.05, 0.1) is 33.8 Å². The fourth-order valence-corrected chi connectivity index (χ4v) is 10.3. The van der Waals surface area contributed by atoms with E-state index in [1.807, 2.05) is 33.3 Å². The molecule has 0 saturated heterocycles. The van der Waals surface area contributed by atoms with E-state index < -0.39 is 20.0 Å². The van der Waals surface area contributed by atoms with Gasteiger partial charge in [-0.05, 0) is 102 Å². The number of ether oxygens (including phenoxy) is 1. The number of likely N-dealkylation sites (N-methyl/N-ethyl adjacent to an activating group) is 1. The van der Waals surface area contributed by atoms with Gasteiger partial charge in [-0.3, -0.25) is 18.6 Å². The fraction of sp³-hybridized carbons (Fsp3) is 0.775. The van der Waals surface area contributed by atoms with Crippen molar-refractivity contribution in [2.75, 3.05) is 40.9 Å². The molecule has 2 N–H and O–H groups in total. The van der Waals surface area contributed by atoms with Crippen LogP contribution in [0.15, 0.2) is 85.1 Å². The minimum absolute atomic E-state index is 0.0351. The Bertz CT molecular complexity index is 1660. The van der Waals surface area contributed by atoms with Gasteiger partial charge in [-0.15, -0.1) is 0 Å².